The van der Waals surface area contributed by atoms with Crippen molar-refractivity contribution in [2.24, 2.45) is 34.0 Å². The summed E-state index contributed by atoms with van der Waals surface area (Å²) in [5, 5.41) is 0. The fraction of sp³-hybridized carbons (Fsp3) is 0.743. The van der Waals surface area contributed by atoms with Gasteiger partial charge in [-0.2, -0.15) is 0 Å². The van der Waals surface area contributed by atoms with Crippen LogP contribution in [0.25, 0.3) is 0 Å². The molecule has 11 heteroatoms. The zero-order valence-corrected chi connectivity index (χ0v) is 28.2. The van der Waals surface area contributed by atoms with Crippen molar-refractivity contribution < 1.29 is 52.1 Å². The van der Waals surface area contributed by atoms with Crippen LogP contribution in [0.2, 0.25) is 0 Å². The number of ether oxygens (including phenoxy) is 5. The van der Waals surface area contributed by atoms with Crippen LogP contribution in [0.15, 0.2) is 23.0 Å². The molecule has 0 N–H and O–H groups in total. The summed E-state index contributed by atoms with van der Waals surface area (Å²) in [6.07, 6.45) is 0.409. The van der Waals surface area contributed by atoms with Crippen LogP contribution in [0.3, 0.4) is 0 Å². The quantitative estimate of drug-likeness (QED) is 0.242. The molecule has 5 fully saturated rings. The first-order valence-corrected chi connectivity index (χ1v) is 16.4. The number of ketones is 1. The maximum absolute atomic E-state index is 15.0. The SMILES string of the molecule is CC[C@@H](C)C(=O)O[C@H]1[C@@H](OC(C)=O)[C@@H]2[C@@]3(C)[C@@H](OC(C)=O)CC(=O)OC(C)(C)[C@@H]3CC(=O)[C@@]2(C)[C@@]23O[C@@H]2C[C@@H](c2ccoc2)[C@]13C. The molecule has 3 heterocycles. The number of esters is 4. The number of rotatable bonds is 6. The van der Waals surface area contributed by atoms with Crippen LogP contribution >= 0.6 is 0 Å². The highest BCUT2D eigenvalue weighted by atomic mass is 16.6. The van der Waals surface area contributed by atoms with Crippen LogP contribution in [0.5, 0.6) is 0 Å². The maximum atomic E-state index is 15.0. The van der Waals surface area contributed by atoms with Crippen LogP contribution in [0, 0.1) is 34.0 Å². The van der Waals surface area contributed by atoms with E-state index >= 15 is 0 Å². The van der Waals surface area contributed by atoms with Gasteiger partial charge in [0.15, 0.2) is 0 Å². The van der Waals surface area contributed by atoms with Crippen molar-refractivity contribution in [3.05, 3.63) is 24.2 Å². The normalized spacial score (nSPS) is 44.2. The van der Waals surface area contributed by atoms with Crippen molar-refractivity contribution in [3.8, 4) is 0 Å². The molecule has 0 unspecified atom stereocenters. The van der Waals surface area contributed by atoms with Crippen molar-refractivity contribution in [2.75, 3.05) is 0 Å². The Balaban J connectivity index is 1.66. The van der Waals surface area contributed by atoms with Gasteiger partial charge in [-0.15, -0.1) is 0 Å². The van der Waals surface area contributed by atoms with Gasteiger partial charge in [-0.05, 0) is 45.2 Å². The van der Waals surface area contributed by atoms with E-state index in [2.05, 4.69) is 0 Å². The van der Waals surface area contributed by atoms with Gasteiger partial charge in [0.1, 0.15) is 35.3 Å². The molecular formula is C35H46O11. The summed E-state index contributed by atoms with van der Waals surface area (Å²) in [7, 11) is 0. The minimum Gasteiger partial charge on any atom is -0.472 e. The lowest BCUT2D eigenvalue weighted by atomic mass is 9.36. The highest BCUT2D eigenvalue weighted by Crippen LogP contribution is 2.82. The molecular weight excluding hydrogens is 596 g/mol. The van der Waals surface area contributed by atoms with E-state index in [-0.39, 0.29) is 30.6 Å². The van der Waals surface area contributed by atoms with Gasteiger partial charge < -0.3 is 28.1 Å². The number of epoxide rings is 1. The molecule has 2 aliphatic heterocycles. The first-order chi connectivity index (χ1) is 21.4. The molecule has 252 valence electrons. The third-order valence-corrected chi connectivity index (χ3v) is 12.8. The zero-order chi connectivity index (χ0) is 33.8. The van der Waals surface area contributed by atoms with Gasteiger partial charge in [-0.3, -0.25) is 24.0 Å². The lowest BCUT2D eigenvalue weighted by Gasteiger charge is -2.67. The summed E-state index contributed by atoms with van der Waals surface area (Å²) in [4.78, 5) is 67.8. The predicted octanol–water partition coefficient (Wildman–Crippen LogP) is 4.69. The highest BCUT2D eigenvalue weighted by molar-refractivity contribution is 5.90. The van der Waals surface area contributed by atoms with E-state index in [1.165, 1.54) is 13.8 Å². The summed E-state index contributed by atoms with van der Waals surface area (Å²) < 4.78 is 37.0. The van der Waals surface area contributed by atoms with Gasteiger partial charge in [0, 0.05) is 48.9 Å². The van der Waals surface area contributed by atoms with Gasteiger partial charge in [0.25, 0.3) is 0 Å². The number of hydrogen-bond acceptors (Lipinski definition) is 11. The van der Waals surface area contributed by atoms with Gasteiger partial charge in [0.05, 0.1) is 36.4 Å². The van der Waals surface area contributed by atoms with E-state index in [0.717, 1.165) is 5.56 Å². The lowest BCUT2D eigenvalue weighted by Crippen LogP contribution is -2.78. The standard InChI is InChI=1S/C35H46O11/c1-10-17(2)30(40)44-29-27(43-19(4)37)28-32(7)22(31(5,6)46-26(39)15-24(32)42-18(3)36)14-23(38)34(28,9)35-25(45-35)13-21(33(29,35)8)20-11-12-41-16-20/h11-12,16-17,21-22,24-25,27-29H,10,13-15H2,1-9H3/t17-,21+,22+,24+,25-,27+,28-,29+,32-,33-,34-,35-/m1/s1. The summed E-state index contributed by atoms with van der Waals surface area (Å²) in [6, 6.07) is 1.87. The fourth-order valence-corrected chi connectivity index (χ4v) is 10.7. The molecule has 3 aliphatic carbocycles. The van der Waals surface area contributed by atoms with E-state index in [0.29, 0.717) is 12.8 Å². The predicted molar refractivity (Wildman–Crippen MR) is 160 cm³/mol. The Bertz CT molecular complexity index is 1460. The number of Topliss-reactive ketones (excluding diaryl/α,β-unsaturated/α-hetero) is 1. The molecule has 0 aromatic carbocycles. The highest BCUT2D eigenvalue weighted by Gasteiger charge is 2.92. The first kappa shape index (κ1) is 32.7. The smallest absolute Gasteiger partial charge is 0.310 e. The maximum Gasteiger partial charge on any atom is 0.310 e. The molecule has 1 spiro atoms. The van der Waals surface area contributed by atoms with Crippen molar-refractivity contribution in [1.29, 1.82) is 0 Å². The fourth-order valence-electron chi connectivity index (χ4n) is 10.7. The summed E-state index contributed by atoms with van der Waals surface area (Å²) in [5.41, 5.74) is -4.94. The average molecular weight is 643 g/mol. The van der Waals surface area contributed by atoms with E-state index in [1.807, 2.05) is 33.8 Å². The number of cyclic esters (lactones) is 1. The van der Waals surface area contributed by atoms with Crippen LogP contribution in [0.1, 0.15) is 99.5 Å². The third-order valence-electron chi connectivity index (χ3n) is 12.8. The molecule has 1 aromatic rings. The van der Waals surface area contributed by atoms with Gasteiger partial charge >= 0.3 is 23.9 Å². The topological polar surface area (TPSA) is 148 Å². The van der Waals surface area contributed by atoms with E-state index in [4.69, 9.17) is 28.1 Å². The van der Waals surface area contributed by atoms with Crippen molar-refractivity contribution in [3.63, 3.8) is 0 Å². The first-order valence-electron chi connectivity index (χ1n) is 16.4. The second kappa shape index (κ2) is 10.4. The number of furan rings is 1. The molecule has 3 saturated carbocycles. The average Bonchev–Trinajstić information content (AvgIpc) is 3.33. The minimum atomic E-state index is -1.31. The number of carbonyl (C=O) groups excluding carboxylic acids is 5. The molecule has 46 heavy (non-hydrogen) atoms. The summed E-state index contributed by atoms with van der Waals surface area (Å²) in [5.74, 6) is -4.64. The van der Waals surface area contributed by atoms with Crippen molar-refractivity contribution >= 4 is 29.7 Å². The zero-order valence-electron chi connectivity index (χ0n) is 28.2. The lowest BCUT2D eigenvalue weighted by molar-refractivity contribution is -0.281. The Kier molecular flexibility index (Phi) is 7.39. The Morgan fingerprint density at radius 2 is 1.67 bits per heavy atom. The second-order valence-corrected chi connectivity index (χ2v) is 15.3. The van der Waals surface area contributed by atoms with Crippen LogP contribution in [-0.2, 0) is 47.7 Å². The second-order valence-electron chi connectivity index (χ2n) is 15.3. The minimum absolute atomic E-state index is 0.00987. The molecule has 6 rings (SSSR count). The molecule has 0 bridgehead atoms. The Morgan fingerprint density at radius 1 is 1.00 bits per heavy atom. The Hall–Kier alpha value is -3.21. The molecule has 2 saturated heterocycles. The number of carbonyl (C=O) groups is 5. The van der Waals surface area contributed by atoms with E-state index in [9.17, 15) is 24.0 Å². The van der Waals surface area contributed by atoms with E-state index in [1.54, 1.807) is 33.3 Å². The molecule has 11 nitrogen and oxygen atoms in total. The largest absolute Gasteiger partial charge is 0.472 e. The number of fused-ring (bicyclic) bond motifs is 3. The van der Waals surface area contributed by atoms with Crippen LogP contribution in [-0.4, -0.2) is 65.3 Å². The molecule has 0 amide bonds. The van der Waals surface area contributed by atoms with Crippen LogP contribution < -0.4 is 0 Å². The monoisotopic (exact) mass is 642 g/mol. The van der Waals surface area contributed by atoms with Crippen LogP contribution in [0.4, 0.5) is 0 Å². The Morgan fingerprint density at radius 3 is 2.26 bits per heavy atom. The molecule has 1 aromatic heterocycles. The van der Waals surface area contributed by atoms with Crippen molar-refractivity contribution in [2.45, 2.75) is 130 Å². The van der Waals surface area contributed by atoms with Crippen molar-refractivity contribution in [1.82, 2.24) is 0 Å². The number of hydrogen-bond donors (Lipinski definition) is 0. The molecule has 5 aliphatic rings. The van der Waals surface area contributed by atoms with Gasteiger partial charge in [-0.1, -0.05) is 27.7 Å². The molecule has 12 atom stereocenters. The van der Waals surface area contributed by atoms with E-state index < -0.39 is 87.4 Å². The van der Waals surface area contributed by atoms with Gasteiger partial charge in [0.2, 0.25) is 0 Å². The molecule has 0 radical (unpaired) electrons. The summed E-state index contributed by atoms with van der Waals surface area (Å²) >= 11 is 0. The summed E-state index contributed by atoms with van der Waals surface area (Å²) in [6.45, 7) is 15.5. The third kappa shape index (κ3) is 4.08. The Labute approximate surface area is 269 Å². The van der Waals surface area contributed by atoms with Gasteiger partial charge in [-0.25, -0.2) is 0 Å².